The number of aryl methyl sites for hydroxylation is 1. The highest BCUT2D eigenvalue weighted by atomic mass is 16.3. The average molecular weight is 276 g/mol. The molecular formula is C16H24N2O2. The summed E-state index contributed by atoms with van der Waals surface area (Å²) in [6.07, 6.45) is 4.65. The van der Waals surface area contributed by atoms with Crippen LogP contribution in [0.5, 0.6) is 5.75 Å². The van der Waals surface area contributed by atoms with Crippen LogP contribution in [0.1, 0.15) is 41.6 Å². The van der Waals surface area contributed by atoms with Gasteiger partial charge in [-0.05, 0) is 46.0 Å². The maximum atomic E-state index is 12.2. The van der Waals surface area contributed by atoms with Crippen LogP contribution in [-0.2, 0) is 0 Å². The largest absolute Gasteiger partial charge is 0.507 e. The van der Waals surface area contributed by atoms with Crippen molar-refractivity contribution in [3.63, 3.8) is 0 Å². The first kappa shape index (κ1) is 14.9. The summed E-state index contributed by atoms with van der Waals surface area (Å²) in [6, 6.07) is 5.09. The number of benzene rings is 1. The van der Waals surface area contributed by atoms with Crippen LogP contribution in [0.2, 0.25) is 0 Å². The Hall–Kier alpha value is -1.55. The molecule has 1 saturated carbocycles. The molecule has 1 aliphatic rings. The van der Waals surface area contributed by atoms with E-state index in [9.17, 15) is 9.90 Å². The molecule has 0 saturated heterocycles. The highest BCUT2D eigenvalue weighted by Gasteiger charge is 2.36. The molecular weight excluding hydrogens is 252 g/mol. The normalized spacial score (nSPS) is 17.4. The maximum Gasteiger partial charge on any atom is 0.255 e. The average Bonchev–Trinajstić information content (AvgIpc) is 2.89. The van der Waals surface area contributed by atoms with Gasteiger partial charge >= 0.3 is 0 Å². The van der Waals surface area contributed by atoms with Gasteiger partial charge in [0.15, 0.2) is 0 Å². The lowest BCUT2D eigenvalue weighted by Crippen LogP contribution is -2.50. The van der Waals surface area contributed by atoms with Crippen molar-refractivity contribution in [1.82, 2.24) is 10.2 Å². The van der Waals surface area contributed by atoms with Crippen molar-refractivity contribution in [3.8, 4) is 5.75 Å². The second-order valence-electron chi connectivity index (χ2n) is 6.03. The van der Waals surface area contributed by atoms with Crippen molar-refractivity contribution >= 4 is 5.91 Å². The predicted octanol–water partition coefficient (Wildman–Crippen LogP) is 2.30. The van der Waals surface area contributed by atoms with Gasteiger partial charge in [-0.25, -0.2) is 0 Å². The highest BCUT2D eigenvalue weighted by Crippen LogP contribution is 2.33. The van der Waals surface area contributed by atoms with Gasteiger partial charge in [-0.3, -0.25) is 4.79 Å². The first-order valence-electron chi connectivity index (χ1n) is 7.20. The fourth-order valence-electron chi connectivity index (χ4n) is 2.99. The second kappa shape index (κ2) is 5.83. The van der Waals surface area contributed by atoms with E-state index in [0.717, 1.165) is 18.4 Å². The number of amides is 1. The van der Waals surface area contributed by atoms with Crippen molar-refractivity contribution < 1.29 is 9.90 Å². The Labute approximate surface area is 120 Å². The molecule has 0 atom stereocenters. The molecule has 110 valence electrons. The lowest BCUT2D eigenvalue weighted by molar-refractivity contribution is 0.0897. The van der Waals surface area contributed by atoms with E-state index in [2.05, 4.69) is 24.3 Å². The molecule has 0 spiro atoms. The van der Waals surface area contributed by atoms with Crippen LogP contribution in [0, 0.1) is 6.92 Å². The Morgan fingerprint density at radius 2 is 2.00 bits per heavy atom. The molecule has 2 rings (SSSR count). The van der Waals surface area contributed by atoms with Crippen molar-refractivity contribution in [2.45, 2.75) is 38.1 Å². The minimum Gasteiger partial charge on any atom is -0.507 e. The van der Waals surface area contributed by atoms with Crippen molar-refractivity contribution in [3.05, 3.63) is 29.3 Å². The number of hydrogen-bond acceptors (Lipinski definition) is 3. The standard InChI is InChI=1S/C16H24N2O2/c1-12-6-7-14(19)13(10-12)15(20)17-11-16(18(2)3)8-4-5-9-16/h6-7,10,19H,4-5,8-9,11H2,1-3H3,(H,17,20). The lowest BCUT2D eigenvalue weighted by Gasteiger charge is -2.36. The van der Waals surface area contributed by atoms with E-state index in [4.69, 9.17) is 0 Å². The Bertz CT molecular complexity index is 491. The Kier molecular flexibility index (Phi) is 4.33. The zero-order chi connectivity index (χ0) is 14.8. The van der Waals surface area contributed by atoms with Crippen molar-refractivity contribution in [2.75, 3.05) is 20.6 Å². The molecule has 0 unspecified atom stereocenters. The number of aromatic hydroxyl groups is 1. The minimum atomic E-state index is -0.195. The summed E-state index contributed by atoms with van der Waals surface area (Å²) in [5.41, 5.74) is 1.39. The number of carbonyl (C=O) groups is 1. The number of nitrogens with one attached hydrogen (secondary N) is 1. The van der Waals surface area contributed by atoms with Crippen molar-refractivity contribution in [1.29, 1.82) is 0 Å². The maximum absolute atomic E-state index is 12.2. The van der Waals surface area contributed by atoms with Crippen LogP contribution < -0.4 is 5.32 Å². The first-order valence-corrected chi connectivity index (χ1v) is 7.20. The topological polar surface area (TPSA) is 52.6 Å². The van der Waals surface area contributed by atoms with Gasteiger partial charge in [-0.2, -0.15) is 0 Å². The molecule has 1 aromatic carbocycles. The number of nitrogens with zero attached hydrogens (tertiary/aromatic N) is 1. The summed E-state index contributed by atoms with van der Waals surface area (Å²) in [5, 5.41) is 12.8. The third-order valence-electron chi connectivity index (χ3n) is 4.46. The molecule has 1 amide bonds. The van der Waals surface area contributed by atoms with Gasteiger partial charge < -0.3 is 15.3 Å². The number of phenols is 1. The smallest absolute Gasteiger partial charge is 0.255 e. The van der Waals surface area contributed by atoms with Crippen LogP contribution in [-0.4, -0.2) is 42.1 Å². The van der Waals surface area contributed by atoms with E-state index in [0.29, 0.717) is 12.1 Å². The van der Waals surface area contributed by atoms with E-state index in [1.165, 1.54) is 12.8 Å². The Morgan fingerprint density at radius 3 is 2.60 bits per heavy atom. The molecule has 1 aromatic rings. The molecule has 0 aliphatic heterocycles. The minimum absolute atomic E-state index is 0.0402. The summed E-state index contributed by atoms with van der Waals surface area (Å²) in [7, 11) is 4.14. The molecule has 0 aromatic heterocycles. The van der Waals surface area contributed by atoms with Gasteiger partial charge in [0.2, 0.25) is 0 Å². The summed E-state index contributed by atoms with van der Waals surface area (Å²) >= 11 is 0. The predicted molar refractivity (Wildman–Crippen MR) is 80.1 cm³/mol. The number of rotatable bonds is 4. The summed E-state index contributed by atoms with van der Waals surface area (Å²) < 4.78 is 0. The van der Waals surface area contributed by atoms with Gasteiger partial charge in [0.1, 0.15) is 5.75 Å². The second-order valence-corrected chi connectivity index (χ2v) is 6.03. The molecule has 20 heavy (non-hydrogen) atoms. The first-order chi connectivity index (χ1) is 9.44. The molecule has 0 heterocycles. The summed E-state index contributed by atoms with van der Waals surface area (Å²) in [4.78, 5) is 14.5. The zero-order valence-electron chi connectivity index (χ0n) is 12.6. The Morgan fingerprint density at radius 1 is 1.35 bits per heavy atom. The number of carbonyl (C=O) groups excluding carboxylic acids is 1. The molecule has 0 radical (unpaired) electrons. The van der Waals surface area contributed by atoms with E-state index >= 15 is 0 Å². The number of hydrogen-bond donors (Lipinski definition) is 2. The monoisotopic (exact) mass is 276 g/mol. The third kappa shape index (κ3) is 2.96. The van der Waals surface area contributed by atoms with E-state index in [1.807, 2.05) is 6.92 Å². The van der Waals surface area contributed by atoms with Gasteiger partial charge in [0, 0.05) is 12.1 Å². The Balaban J connectivity index is 2.06. The lowest BCUT2D eigenvalue weighted by atomic mass is 9.96. The molecule has 4 nitrogen and oxygen atoms in total. The van der Waals surface area contributed by atoms with Gasteiger partial charge in [-0.15, -0.1) is 0 Å². The third-order valence-corrected chi connectivity index (χ3v) is 4.46. The van der Waals surface area contributed by atoms with Crippen LogP contribution in [0.15, 0.2) is 18.2 Å². The molecule has 1 fully saturated rings. The SMILES string of the molecule is Cc1ccc(O)c(C(=O)NCC2(N(C)C)CCCC2)c1. The fourth-order valence-corrected chi connectivity index (χ4v) is 2.99. The zero-order valence-corrected chi connectivity index (χ0v) is 12.6. The van der Waals surface area contributed by atoms with E-state index in [1.54, 1.807) is 18.2 Å². The fraction of sp³-hybridized carbons (Fsp3) is 0.562. The van der Waals surface area contributed by atoms with Gasteiger partial charge in [-0.1, -0.05) is 24.5 Å². The summed E-state index contributed by atoms with van der Waals surface area (Å²) in [5.74, 6) is -0.155. The number of likely N-dealkylation sites (N-methyl/N-ethyl adjacent to an activating group) is 1. The molecule has 2 N–H and O–H groups in total. The quantitative estimate of drug-likeness (QED) is 0.887. The van der Waals surface area contributed by atoms with Gasteiger partial charge in [0.05, 0.1) is 5.56 Å². The molecule has 1 aliphatic carbocycles. The van der Waals surface area contributed by atoms with Crippen LogP contribution in [0.4, 0.5) is 0 Å². The molecule has 4 heteroatoms. The van der Waals surface area contributed by atoms with Crippen LogP contribution in [0.25, 0.3) is 0 Å². The van der Waals surface area contributed by atoms with Crippen LogP contribution >= 0.6 is 0 Å². The van der Waals surface area contributed by atoms with Gasteiger partial charge in [0.25, 0.3) is 5.91 Å². The molecule has 0 bridgehead atoms. The van der Waals surface area contributed by atoms with Crippen molar-refractivity contribution in [2.24, 2.45) is 0 Å². The van der Waals surface area contributed by atoms with E-state index in [-0.39, 0.29) is 17.2 Å². The summed E-state index contributed by atoms with van der Waals surface area (Å²) in [6.45, 7) is 2.54. The van der Waals surface area contributed by atoms with E-state index < -0.39 is 0 Å². The highest BCUT2D eigenvalue weighted by molar-refractivity contribution is 5.97. The van der Waals surface area contributed by atoms with Crippen LogP contribution in [0.3, 0.4) is 0 Å². The number of phenolic OH excluding ortho intramolecular Hbond substituents is 1.